The van der Waals surface area contributed by atoms with E-state index in [0.717, 1.165) is 17.7 Å². The van der Waals surface area contributed by atoms with Crippen molar-refractivity contribution in [2.75, 3.05) is 40.0 Å². The second-order valence-electron chi connectivity index (χ2n) is 8.65. The molecule has 1 saturated heterocycles. The van der Waals surface area contributed by atoms with E-state index in [4.69, 9.17) is 25.8 Å². The Morgan fingerprint density at radius 1 is 1.03 bits per heavy atom. The van der Waals surface area contributed by atoms with E-state index in [2.05, 4.69) is 4.90 Å². The predicted octanol–water partition coefficient (Wildman–Crippen LogP) is 6.04. The van der Waals surface area contributed by atoms with Gasteiger partial charge in [0.05, 0.1) is 19.3 Å². The van der Waals surface area contributed by atoms with E-state index in [0.29, 0.717) is 34.3 Å². The van der Waals surface area contributed by atoms with Crippen LogP contribution in [0.2, 0.25) is 5.02 Å². The summed E-state index contributed by atoms with van der Waals surface area (Å²) in [7, 11) is 1.63. The number of hydrogen-bond acceptors (Lipinski definition) is 5. The number of carbonyl (C=O) groups is 1. The van der Waals surface area contributed by atoms with Crippen LogP contribution < -0.4 is 14.2 Å². The van der Waals surface area contributed by atoms with Crippen molar-refractivity contribution in [3.63, 3.8) is 0 Å². The summed E-state index contributed by atoms with van der Waals surface area (Å²) in [5, 5.41) is 0.515. The van der Waals surface area contributed by atoms with Crippen molar-refractivity contribution < 1.29 is 19.0 Å². The van der Waals surface area contributed by atoms with Crippen molar-refractivity contribution in [1.82, 2.24) is 4.90 Å². The molecular weight excluding hydrogens is 438 g/mol. The Morgan fingerprint density at radius 3 is 2.67 bits per heavy atom. The van der Waals surface area contributed by atoms with Crippen LogP contribution in [0.15, 0.2) is 42.0 Å². The van der Waals surface area contributed by atoms with E-state index in [1.54, 1.807) is 25.3 Å². The average molecular weight is 470 g/mol. The molecule has 33 heavy (non-hydrogen) atoms. The Balaban J connectivity index is 1.29. The zero-order valence-corrected chi connectivity index (χ0v) is 20.0. The molecule has 176 valence electrons. The largest absolute Gasteiger partial charge is 0.493 e. The number of Topliss-reactive ketones (excluding diaryl/α,β-unsaturated/α-hetero) is 1. The Labute approximate surface area is 201 Å². The van der Waals surface area contributed by atoms with E-state index in [-0.39, 0.29) is 12.4 Å². The maximum atomic E-state index is 12.9. The minimum absolute atomic E-state index is 0.0669. The van der Waals surface area contributed by atoms with Crippen molar-refractivity contribution in [3.8, 4) is 17.2 Å². The van der Waals surface area contributed by atoms with Gasteiger partial charge >= 0.3 is 0 Å². The number of rotatable bonds is 10. The molecule has 5 nitrogen and oxygen atoms in total. The second-order valence-corrected chi connectivity index (χ2v) is 9.09. The van der Waals surface area contributed by atoms with Crippen molar-refractivity contribution in [3.05, 3.63) is 58.1 Å². The van der Waals surface area contributed by atoms with Gasteiger partial charge in [0, 0.05) is 10.6 Å². The lowest BCUT2D eigenvalue weighted by molar-refractivity contribution is 0.100. The number of ether oxygens (including phenoxy) is 3. The molecule has 0 amide bonds. The fraction of sp³-hybridized carbons (Fsp3) is 0.444. The Morgan fingerprint density at radius 2 is 1.85 bits per heavy atom. The van der Waals surface area contributed by atoms with Gasteiger partial charge in [-0.25, -0.2) is 0 Å². The Kier molecular flexibility index (Phi) is 8.30. The van der Waals surface area contributed by atoms with E-state index in [1.807, 2.05) is 24.3 Å². The minimum atomic E-state index is -0.0669. The summed E-state index contributed by atoms with van der Waals surface area (Å²) in [5.74, 6) is 1.88. The third-order valence-electron chi connectivity index (χ3n) is 6.21. The first-order valence-electron chi connectivity index (χ1n) is 11.8. The molecule has 0 saturated carbocycles. The first-order chi connectivity index (χ1) is 16.1. The van der Waals surface area contributed by atoms with Crippen molar-refractivity contribution in [1.29, 1.82) is 0 Å². The number of methoxy groups -OCH3 is 1. The molecule has 2 aromatic carbocycles. The van der Waals surface area contributed by atoms with Gasteiger partial charge < -0.3 is 19.1 Å². The standard InChI is InChI=1S/C27H32ClNO4/c1-31-26-17-20(16-21-19-33-24-11-9-22(28)18-23(24)27(21)30)8-10-25(26)32-15-7-3-2-4-12-29-13-5-6-14-29/h8-11,16-18H,2-7,12-15,19H2,1H3. The van der Waals surface area contributed by atoms with Gasteiger partial charge in [-0.2, -0.15) is 0 Å². The molecular formula is C27H32ClNO4. The summed E-state index contributed by atoms with van der Waals surface area (Å²) in [6.45, 7) is 4.69. The van der Waals surface area contributed by atoms with Crippen LogP contribution in [0.1, 0.15) is 54.4 Å². The smallest absolute Gasteiger partial charge is 0.196 e. The SMILES string of the molecule is COc1cc(C=C2COc3ccc(Cl)cc3C2=O)ccc1OCCCCCCN1CCCC1. The number of nitrogens with zero attached hydrogens (tertiary/aromatic N) is 1. The lowest BCUT2D eigenvalue weighted by atomic mass is 9.98. The highest BCUT2D eigenvalue weighted by molar-refractivity contribution is 6.31. The highest BCUT2D eigenvalue weighted by Crippen LogP contribution is 2.32. The number of unbranched alkanes of at least 4 members (excludes halogenated alkanes) is 3. The maximum absolute atomic E-state index is 12.9. The van der Waals surface area contributed by atoms with Crippen LogP contribution in [0.3, 0.4) is 0 Å². The number of halogens is 1. The quantitative estimate of drug-likeness (QED) is 0.313. The molecule has 4 rings (SSSR count). The fourth-order valence-electron chi connectivity index (χ4n) is 4.38. The van der Waals surface area contributed by atoms with Gasteiger partial charge in [-0.15, -0.1) is 0 Å². The summed E-state index contributed by atoms with van der Waals surface area (Å²) < 4.78 is 17.2. The van der Waals surface area contributed by atoms with Crippen molar-refractivity contribution in [2.45, 2.75) is 38.5 Å². The molecule has 0 atom stereocenters. The third-order valence-corrected chi connectivity index (χ3v) is 6.45. The van der Waals surface area contributed by atoms with Crippen molar-refractivity contribution >= 4 is 23.5 Å². The predicted molar refractivity (Wildman–Crippen MR) is 132 cm³/mol. The molecule has 0 spiro atoms. The number of hydrogen-bond donors (Lipinski definition) is 0. The first-order valence-corrected chi connectivity index (χ1v) is 12.2. The average Bonchev–Trinajstić information content (AvgIpc) is 3.35. The Hall–Kier alpha value is -2.50. The van der Waals surface area contributed by atoms with Crippen LogP contribution in [0.5, 0.6) is 17.2 Å². The molecule has 2 heterocycles. The van der Waals surface area contributed by atoms with E-state index < -0.39 is 0 Å². The van der Waals surface area contributed by atoms with Crippen molar-refractivity contribution in [2.24, 2.45) is 0 Å². The van der Waals surface area contributed by atoms with Crippen LogP contribution in [0, 0.1) is 0 Å². The normalized spacial score (nSPS) is 17.2. The topological polar surface area (TPSA) is 48.0 Å². The molecule has 0 aromatic heterocycles. The van der Waals surface area contributed by atoms with E-state index in [9.17, 15) is 4.79 Å². The highest BCUT2D eigenvalue weighted by Gasteiger charge is 2.23. The summed E-state index contributed by atoms with van der Waals surface area (Å²) in [4.78, 5) is 15.4. The number of ketones is 1. The summed E-state index contributed by atoms with van der Waals surface area (Å²) >= 11 is 6.05. The van der Waals surface area contributed by atoms with Gasteiger partial charge in [0.2, 0.25) is 0 Å². The lowest BCUT2D eigenvalue weighted by Crippen LogP contribution is -2.20. The second kappa shape index (κ2) is 11.6. The molecule has 0 unspecified atom stereocenters. The maximum Gasteiger partial charge on any atom is 0.196 e. The molecule has 0 aliphatic carbocycles. The molecule has 2 aliphatic rings. The number of fused-ring (bicyclic) bond motifs is 1. The van der Waals surface area contributed by atoms with Gasteiger partial charge in [0.1, 0.15) is 12.4 Å². The summed E-state index contributed by atoms with van der Waals surface area (Å²) in [5.41, 5.74) is 1.93. The molecule has 1 fully saturated rings. The van der Waals surface area contributed by atoms with E-state index >= 15 is 0 Å². The third kappa shape index (κ3) is 6.30. The molecule has 6 heteroatoms. The van der Waals surface area contributed by atoms with E-state index in [1.165, 1.54) is 51.7 Å². The molecule has 0 bridgehead atoms. The number of likely N-dealkylation sites (tertiary alicyclic amines) is 1. The lowest BCUT2D eigenvalue weighted by Gasteiger charge is -2.19. The first kappa shape index (κ1) is 23.7. The van der Waals surface area contributed by atoms with Crippen LogP contribution >= 0.6 is 11.6 Å². The zero-order chi connectivity index (χ0) is 23.0. The number of benzene rings is 2. The van der Waals surface area contributed by atoms with Crippen LogP contribution in [-0.4, -0.2) is 50.6 Å². The van der Waals surface area contributed by atoms with Crippen LogP contribution in [-0.2, 0) is 0 Å². The minimum Gasteiger partial charge on any atom is -0.493 e. The molecule has 0 radical (unpaired) electrons. The zero-order valence-electron chi connectivity index (χ0n) is 19.3. The van der Waals surface area contributed by atoms with Crippen LogP contribution in [0.25, 0.3) is 6.08 Å². The van der Waals surface area contributed by atoms with Gasteiger partial charge in [0.25, 0.3) is 0 Å². The van der Waals surface area contributed by atoms with Gasteiger partial charge in [0.15, 0.2) is 17.3 Å². The fourth-order valence-corrected chi connectivity index (χ4v) is 4.55. The molecule has 0 N–H and O–H groups in total. The highest BCUT2D eigenvalue weighted by atomic mass is 35.5. The summed E-state index contributed by atoms with van der Waals surface area (Å²) in [6, 6.07) is 10.8. The Bertz CT molecular complexity index is 998. The van der Waals surface area contributed by atoms with Crippen LogP contribution in [0.4, 0.5) is 0 Å². The monoisotopic (exact) mass is 469 g/mol. The van der Waals surface area contributed by atoms with Gasteiger partial charge in [-0.05, 0) is 87.3 Å². The van der Waals surface area contributed by atoms with Gasteiger partial charge in [-0.3, -0.25) is 4.79 Å². The molecule has 2 aliphatic heterocycles. The molecule has 2 aromatic rings. The number of carbonyl (C=O) groups excluding carboxylic acids is 1. The van der Waals surface area contributed by atoms with Gasteiger partial charge in [-0.1, -0.05) is 30.5 Å². The summed E-state index contributed by atoms with van der Waals surface area (Å²) in [6.07, 6.45) is 9.27.